The van der Waals surface area contributed by atoms with Crippen LogP contribution in [0, 0.1) is 6.92 Å². The molecular weight excluding hydrogens is 468 g/mol. The first-order valence-corrected chi connectivity index (χ1v) is 9.94. The Bertz CT molecular complexity index is 1160. The van der Waals surface area contributed by atoms with E-state index in [0.717, 1.165) is 0 Å². The molecule has 0 saturated heterocycles. The summed E-state index contributed by atoms with van der Waals surface area (Å²) in [4.78, 5) is 14.7. The molecular formula is C20H21Cl2F3N6O. The van der Waals surface area contributed by atoms with Gasteiger partial charge in [0.25, 0.3) is 0 Å². The number of halogens is 5. The Hall–Kier alpha value is -2.56. The second-order valence-corrected chi connectivity index (χ2v) is 7.56. The van der Waals surface area contributed by atoms with Crippen LogP contribution in [0.15, 0.2) is 18.5 Å². The van der Waals surface area contributed by atoms with Crippen LogP contribution < -0.4 is 20.7 Å². The number of hydrogen-bond acceptors (Lipinski definition) is 7. The molecule has 0 radical (unpaired) electrons. The van der Waals surface area contributed by atoms with E-state index in [1.807, 2.05) is 11.9 Å². The zero-order valence-corrected chi connectivity index (χ0v) is 18.8. The maximum Gasteiger partial charge on any atom is 0.418 e. The molecule has 0 amide bonds. The lowest BCUT2D eigenvalue weighted by Gasteiger charge is -2.22. The molecule has 1 aliphatic rings. The van der Waals surface area contributed by atoms with Crippen molar-refractivity contribution < 1.29 is 17.9 Å². The fraction of sp³-hybridized carbons (Fsp3) is 0.350. The number of hydrogen-bond donors (Lipinski definition) is 2. The molecule has 1 aliphatic heterocycles. The Kier molecular flexibility index (Phi) is 6.87. The van der Waals surface area contributed by atoms with Crippen molar-refractivity contribution in [1.29, 1.82) is 0 Å². The van der Waals surface area contributed by atoms with Crippen LogP contribution in [-0.2, 0) is 6.18 Å². The van der Waals surface area contributed by atoms with Crippen LogP contribution >= 0.6 is 24.0 Å². The predicted molar refractivity (Wildman–Crippen MR) is 121 cm³/mol. The molecule has 1 aromatic carbocycles. The van der Waals surface area contributed by atoms with Crippen LogP contribution in [0.3, 0.4) is 0 Å². The average Bonchev–Trinajstić information content (AvgIpc) is 2.88. The van der Waals surface area contributed by atoms with Crippen molar-refractivity contribution in [2.75, 3.05) is 43.9 Å². The Morgan fingerprint density at radius 3 is 2.72 bits per heavy atom. The number of nitrogens with one attached hydrogen (secondary N) is 1. The fourth-order valence-corrected chi connectivity index (χ4v) is 4.07. The maximum atomic E-state index is 13.9. The number of anilines is 2. The van der Waals surface area contributed by atoms with E-state index < -0.39 is 11.7 Å². The van der Waals surface area contributed by atoms with Gasteiger partial charge in [-0.15, -0.1) is 12.4 Å². The van der Waals surface area contributed by atoms with Crippen LogP contribution in [-0.4, -0.2) is 48.2 Å². The molecule has 3 N–H and O–H groups in total. The summed E-state index contributed by atoms with van der Waals surface area (Å²) in [6.45, 7) is 3.54. The summed E-state index contributed by atoms with van der Waals surface area (Å²) in [5.74, 6) is 0.825. The lowest BCUT2D eigenvalue weighted by atomic mass is 9.99. The normalized spacial score (nSPS) is 13.5. The highest BCUT2D eigenvalue weighted by molar-refractivity contribution is 6.36. The van der Waals surface area contributed by atoms with Crippen molar-refractivity contribution in [2.24, 2.45) is 0 Å². The van der Waals surface area contributed by atoms with Gasteiger partial charge < -0.3 is 20.7 Å². The zero-order chi connectivity index (χ0) is 22.3. The molecule has 172 valence electrons. The van der Waals surface area contributed by atoms with E-state index >= 15 is 0 Å². The first-order chi connectivity index (χ1) is 14.7. The van der Waals surface area contributed by atoms with Crippen LogP contribution in [0.2, 0.25) is 5.02 Å². The maximum absolute atomic E-state index is 13.9. The molecule has 32 heavy (non-hydrogen) atoms. The summed E-state index contributed by atoms with van der Waals surface area (Å²) < 4.78 is 47.5. The van der Waals surface area contributed by atoms with E-state index in [-0.39, 0.29) is 52.4 Å². The van der Waals surface area contributed by atoms with Crippen molar-refractivity contribution in [3.05, 3.63) is 34.6 Å². The summed E-state index contributed by atoms with van der Waals surface area (Å²) in [5, 5.41) is 3.66. The van der Waals surface area contributed by atoms with Crippen molar-refractivity contribution in [3.63, 3.8) is 0 Å². The van der Waals surface area contributed by atoms with Gasteiger partial charge in [-0.2, -0.15) is 13.2 Å². The predicted octanol–water partition coefficient (Wildman–Crippen LogP) is 4.09. The van der Waals surface area contributed by atoms with Gasteiger partial charge in [0.2, 0.25) is 0 Å². The van der Waals surface area contributed by atoms with Gasteiger partial charge in [0, 0.05) is 18.7 Å². The lowest BCUT2D eigenvalue weighted by Crippen LogP contribution is -2.33. The Morgan fingerprint density at radius 1 is 1.28 bits per heavy atom. The molecule has 7 nitrogen and oxygen atoms in total. The number of nitrogen functional groups attached to an aromatic ring is 1. The average molecular weight is 489 g/mol. The van der Waals surface area contributed by atoms with Gasteiger partial charge in [-0.25, -0.2) is 15.0 Å². The molecule has 0 fully saturated rings. The molecule has 0 atom stereocenters. The number of alkyl halides is 3. The highest BCUT2D eigenvalue weighted by Gasteiger charge is 2.38. The Morgan fingerprint density at radius 2 is 2.03 bits per heavy atom. The molecule has 3 aromatic rings. The Balaban J connectivity index is 0.00000289. The first kappa shape index (κ1) is 24.1. The highest BCUT2D eigenvalue weighted by Crippen LogP contribution is 2.47. The monoisotopic (exact) mass is 488 g/mol. The molecule has 12 heteroatoms. The van der Waals surface area contributed by atoms with E-state index in [0.29, 0.717) is 36.4 Å². The van der Waals surface area contributed by atoms with Gasteiger partial charge in [0.05, 0.1) is 33.7 Å². The third-order valence-corrected chi connectivity index (χ3v) is 5.49. The minimum absolute atomic E-state index is 0. The quantitative estimate of drug-likeness (QED) is 0.571. The van der Waals surface area contributed by atoms with E-state index in [4.69, 9.17) is 22.1 Å². The van der Waals surface area contributed by atoms with Crippen molar-refractivity contribution >= 4 is 46.5 Å². The lowest BCUT2D eigenvalue weighted by molar-refractivity contribution is -0.137. The van der Waals surface area contributed by atoms with Crippen molar-refractivity contribution in [2.45, 2.75) is 13.1 Å². The van der Waals surface area contributed by atoms with E-state index in [2.05, 4.69) is 20.3 Å². The molecule has 0 unspecified atom stereocenters. The molecule has 0 saturated carbocycles. The van der Waals surface area contributed by atoms with E-state index in [9.17, 15) is 13.2 Å². The number of aromatic nitrogens is 3. The van der Waals surface area contributed by atoms with Gasteiger partial charge in [0.15, 0.2) is 5.75 Å². The van der Waals surface area contributed by atoms with Crippen LogP contribution in [0.4, 0.5) is 24.8 Å². The molecule has 3 heterocycles. The van der Waals surface area contributed by atoms with Crippen molar-refractivity contribution in [1.82, 2.24) is 20.3 Å². The number of aryl methyl sites for hydroxylation is 1. The molecule has 4 rings (SSSR count). The summed E-state index contributed by atoms with van der Waals surface area (Å²) in [7, 11) is 1.85. The van der Waals surface area contributed by atoms with Gasteiger partial charge in [-0.1, -0.05) is 11.6 Å². The first-order valence-electron chi connectivity index (χ1n) is 9.56. The van der Waals surface area contributed by atoms with Gasteiger partial charge >= 0.3 is 6.18 Å². The number of pyridine rings is 1. The molecule has 0 aliphatic carbocycles. The third-order valence-electron chi connectivity index (χ3n) is 5.11. The Labute approximate surface area is 193 Å². The van der Waals surface area contributed by atoms with Gasteiger partial charge in [0.1, 0.15) is 24.6 Å². The number of nitrogens with two attached hydrogens (primary N) is 1. The summed E-state index contributed by atoms with van der Waals surface area (Å²) in [5.41, 5.74) is 4.95. The van der Waals surface area contributed by atoms with E-state index in [1.54, 1.807) is 0 Å². The highest BCUT2D eigenvalue weighted by atomic mass is 35.5. The zero-order valence-electron chi connectivity index (χ0n) is 17.3. The van der Waals surface area contributed by atoms with Crippen LogP contribution in [0.1, 0.15) is 11.1 Å². The minimum atomic E-state index is -4.64. The topological polar surface area (TPSA) is 89.2 Å². The summed E-state index contributed by atoms with van der Waals surface area (Å²) in [6.07, 6.45) is -3.27. The third kappa shape index (κ3) is 4.22. The fourth-order valence-electron chi connectivity index (χ4n) is 3.78. The largest absolute Gasteiger partial charge is 0.489 e. The van der Waals surface area contributed by atoms with Crippen molar-refractivity contribution in [3.8, 4) is 17.0 Å². The SMILES string of the molecule is CNCCN1CCOc2c(Cl)c(-c3nc(N)cc(C)c3C(F)(F)F)cc3ncnc1c23.Cl. The number of ether oxygens (including phenoxy) is 1. The van der Waals surface area contributed by atoms with E-state index in [1.165, 1.54) is 25.4 Å². The van der Waals surface area contributed by atoms with Gasteiger partial charge in [-0.05, 0) is 31.7 Å². The standard InChI is InChI=1S/C20H20ClF3N6O.ClH/c1-10-7-13(25)29-17(15(10)20(22,23)24)11-8-12-14-18(16(11)21)31-6-5-30(4-3-26-2)19(14)28-9-27-12;/h7-9,26H,3-6H2,1-2H3,(H2,25,29);1H. The molecule has 0 bridgehead atoms. The number of benzene rings is 1. The van der Waals surface area contributed by atoms with Crippen LogP contribution in [0.25, 0.3) is 22.2 Å². The number of rotatable bonds is 4. The number of nitrogens with zero attached hydrogens (tertiary/aromatic N) is 4. The second-order valence-electron chi connectivity index (χ2n) is 7.18. The minimum Gasteiger partial charge on any atom is -0.489 e. The van der Waals surface area contributed by atoms with Crippen LogP contribution in [0.5, 0.6) is 5.75 Å². The smallest absolute Gasteiger partial charge is 0.418 e. The summed E-state index contributed by atoms with van der Waals surface area (Å²) >= 11 is 6.62. The second kappa shape index (κ2) is 9.13. The molecule has 0 spiro atoms. The molecule has 2 aromatic heterocycles. The number of likely N-dealkylation sites (N-methyl/N-ethyl adjacent to an activating group) is 1. The summed E-state index contributed by atoms with van der Waals surface area (Å²) in [6, 6.07) is 2.67. The van der Waals surface area contributed by atoms with Gasteiger partial charge in [-0.3, -0.25) is 0 Å².